The first kappa shape index (κ1) is 11.9. The average Bonchev–Trinajstić information content (AvgIpc) is 2.15. The van der Waals surface area contributed by atoms with Crippen LogP contribution in [0.5, 0.6) is 0 Å². The van der Waals surface area contributed by atoms with E-state index in [0.29, 0.717) is 5.92 Å². The summed E-state index contributed by atoms with van der Waals surface area (Å²) >= 11 is 2.31. The van der Waals surface area contributed by atoms with E-state index >= 15 is 0 Å². The lowest BCUT2D eigenvalue weighted by Crippen LogP contribution is -2.29. The predicted molar refractivity (Wildman–Crippen MR) is 68.7 cm³/mol. The molecule has 1 aromatic carbocycles. The first-order valence-electron chi connectivity index (χ1n) is 4.85. The van der Waals surface area contributed by atoms with Crippen molar-refractivity contribution in [1.29, 1.82) is 0 Å². The van der Waals surface area contributed by atoms with Gasteiger partial charge in [-0.25, -0.2) is 0 Å². The molecule has 0 aliphatic carbocycles. The molecule has 3 N–H and O–H groups in total. The summed E-state index contributed by atoms with van der Waals surface area (Å²) < 4.78 is 1.26. The van der Waals surface area contributed by atoms with Gasteiger partial charge in [-0.2, -0.15) is 0 Å². The maximum absolute atomic E-state index is 5.54. The van der Waals surface area contributed by atoms with Crippen molar-refractivity contribution in [3.8, 4) is 0 Å². The highest BCUT2D eigenvalue weighted by molar-refractivity contribution is 14.1. The number of nitrogens with one attached hydrogen (secondary N) is 1. The van der Waals surface area contributed by atoms with E-state index < -0.39 is 0 Å². The van der Waals surface area contributed by atoms with E-state index in [0.717, 1.165) is 6.42 Å². The molecule has 0 aliphatic rings. The first-order valence-corrected chi connectivity index (χ1v) is 5.93. The normalized spacial score (nSPS) is 13.2. The van der Waals surface area contributed by atoms with Gasteiger partial charge in [0.2, 0.25) is 0 Å². The SMILES string of the molecule is CC(C)CC(NN)c1ccc(I)cc1. The minimum Gasteiger partial charge on any atom is -0.271 e. The first-order chi connectivity index (χ1) is 6.63. The summed E-state index contributed by atoms with van der Waals surface area (Å²) in [6, 6.07) is 8.76. The van der Waals surface area contributed by atoms with Gasteiger partial charge >= 0.3 is 0 Å². The van der Waals surface area contributed by atoms with Crippen LogP contribution in [-0.2, 0) is 0 Å². The largest absolute Gasteiger partial charge is 0.271 e. The average molecular weight is 304 g/mol. The van der Waals surface area contributed by atoms with Crippen molar-refractivity contribution in [3.05, 3.63) is 33.4 Å². The van der Waals surface area contributed by atoms with Crippen LogP contribution in [0.3, 0.4) is 0 Å². The van der Waals surface area contributed by atoms with E-state index in [9.17, 15) is 0 Å². The second kappa shape index (κ2) is 5.68. The lowest BCUT2D eigenvalue weighted by Gasteiger charge is -2.18. The Kier molecular flexibility index (Phi) is 4.84. The molecule has 0 bridgehead atoms. The molecule has 3 heteroatoms. The van der Waals surface area contributed by atoms with Gasteiger partial charge in [0, 0.05) is 9.61 Å². The van der Waals surface area contributed by atoms with Crippen LogP contribution in [0.1, 0.15) is 31.9 Å². The molecule has 0 saturated heterocycles. The third-order valence-electron chi connectivity index (χ3n) is 2.18. The molecule has 0 heterocycles. The molecule has 0 fully saturated rings. The van der Waals surface area contributed by atoms with Crippen LogP contribution in [0.2, 0.25) is 0 Å². The topological polar surface area (TPSA) is 38.0 Å². The van der Waals surface area contributed by atoms with Gasteiger partial charge < -0.3 is 0 Å². The molecule has 78 valence electrons. The maximum Gasteiger partial charge on any atom is 0.0462 e. The highest BCUT2D eigenvalue weighted by Crippen LogP contribution is 2.20. The zero-order valence-corrected chi connectivity index (χ0v) is 10.8. The highest BCUT2D eigenvalue weighted by atomic mass is 127. The molecule has 1 unspecified atom stereocenters. The smallest absolute Gasteiger partial charge is 0.0462 e. The van der Waals surface area contributed by atoms with Gasteiger partial charge in [0.15, 0.2) is 0 Å². The van der Waals surface area contributed by atoms with E-state index in [1.165, 1.54) is 9.13 Å². The summed E-state index contributed by atoms with van der Waals surface area (Å²) in [6.45, 7) is 4.41. The molecule has 1 rings (SSSR count). The van der Waals surface area contributed by atoms with Crippen molar-refractivity contribution in [3.63, 3.8) is 0 Å². The third-order valence-corrected chi connectivity index (χ3v) is 2.90. The molecule has 14 heavy (non-hydrogen) atoms. The van der Waals surface area contributed by atoms with Crippen LogP contribution >= 0.6 is 22.6 Å². The second-order valence-corrected chi connectivity index (χ2v) is 5.15. The minimum absolute atomic E-state index is 0.270. The Labute approximate surface area is 99.4 Å². The number of rotatable bonds is 4. The molecule has 2 nitrogen and oxygen atoms in total. The van der Waals surface area contributed by atoms with Crippen molar-refractivity contribution in [2.75, 3.05) is 0 Å². The lowest BCUT2D eigenvalue weighted by molar-refractivity contribution is 0.438. The molecule has 0 amide bonds. The minimum atomic E-state index is 0.270. The van der Waals surface area contributed by atoms with E-state index in [4.69, 9.17) is 5.84 Å². The summed E-state index contributed by atoms with van der Waals surface area (Å²) in [5.74, 6) is 6.19. The molecule has 1 atom stereocenters. The Morgan fingerprint density at radius 2 is 1.86 bits per heavy atom. The number of hydrogen-bond acceptors (Lipinski definition) is 2. The van der Waals surface area contributed by atoms with E-state index in [1.807, 2.05) is 0 Å². The molecule has 0 aliphatic heterocycles. The number of hydrazine groups is 1. The Morgan fingerprint density at radius 3 is 2.29 bits per heavy atom. The maximum atomic E-state index is 5.54. The zero-order chi connectivity index (χ0) is 10.6. The lowest BCUT2D eigenvalue weighted by atomic mass is 9.98. The van der Waals surface area contributed by atoms with Crippen molar-refractivity contribution in [2.24, 2.45) is 11.8 Å². The van der Waals surface area contributed by atoms with Crippen LogP contribution in [0.25, 0.3) is 0 Å². The standard InChI is InChI=1S/C11H17IN2/c1-8(2)7-11(14-13)9-3-5-10(12)6-4-9/h3-6,8,11,14H,7,13H2,1-2H3. The Hall–Kier alpha value is -0.130. The van der Waals surface area contributed by atoms with Crippen molar-refractivity contribution >= 4 is 22.6 Å². The quantitative estimate of drug-likeness (QED) is 0.510. The monoisotopic (exact) mass is 304 g/mol. The van der Waals surface area contributed by atoms with Crippen LogP contribution in [0.4, 0.5) is 0 Å². The second-order valence-electron chi connectivity index (χ2n) is 3.90. The fourth-order valence-electron chi connectivity index (χ4n) is 1.47. The fraction of sp³-hybridized carbons (Fsp3) is 0.455. The van der Waals surface area contributed by atoms with Crippen LogP contribution in [0, 0.1) is 9.49 Å². The molecular weight excluding hydrogens is 287 g/mol. The van der Waals surface area contributed by atoms with Crippen LogP contribution in [-0.4, -0.2) is 0 Å². The van der Waals surface area contributed by atoms with Gasteiger partial charge in [-0.15, -0.1) is 0 Å². The summed E-state index contributed by atoms with van der Waals surface area (Å²) in [4.78, 5) is 0. The Balaban J connectivity index is 2.73. The van der Waals surface area contributed by atoms with Crippen molar-refractivity contribution < 1.29 is 0 Å². The van der Waals surface area contributed by atoms with Crippen molar-refractivity contribution in [2.45, 2.75) is 26.3 Å². The van der Waals surface area contributed by atoms with E-state index in [1.54, 1.807) is 0 Å². The number of hydrogen-bond donors (Lipinski definition) is 2. The Morgan fingerprint density at radius 1 is 1.29 bits per heavy atom. The zero-order valence-electron chi connectivity index (χ0n) is 8.63. The van der Waals surface area contributed by atoms with Gasteiger partial charge in [-0.3, -0.25) is 11.3 Å². The third kappa shape index (κ3) is 3.55. The van der Waals surface area contributed by atoms with Gasteiger partial charge in [0.1, 0.15) is 0 Å². The number of halogens is 1. The molecule has 0 radical (unpaired) electrons. The highest BCUT2D eigenvalue weighted by Gasteiger charge is 2.10. The van der Waals surface area contributed by atoms with Crippen LogP contribution in [0.15, 0.2) is 24.3 Å². The summed E-state index contributed by atoms with van der Waals surface area (Å²) in [5, 5.41) is 0. The molecule has 0 aromatic heterocycles. The molecule has 0 saturated carbocycles. The van der Waals surface area contributed by atoms with Gasteiger partial charge in [0.05, 0.1) is 0 Å². The fourth-order valence-corrected chi connectivity index (χ4v) is 1.83. The predicted octanol–water partition coefficient (Wildman–Crippen LogP) is 2.84. The molecular formula is C11H17IN2. The Bertz CT molecular complexity index is 269. The summed E-state index contributed by atoms with van der Waals surface area (Å²) in [5.41, 5.74) is 4.13. The van der Waals surface area contributed by atoms with Gasteiger partial charge in [-0.05, 0) is 52.6 Å². The van der Waals surface area contributed by atoms with Gasteiger partial charge in [0.25, 0.3) is 0 Å². The summed E-state index contributed by atoms with van der Waals surface area (Å²) in [6.07, 6.45) is 1.07. The number of benzene rings is 1. The van der Waals surface area contributed by atoms with Crippen LogP contribution < -0.4 is 11.3 Å². The van der Waals surface area contributed by atoms with E-state index in [2.05, 4.69) is 66.1 Å². The molecule has 0 spiro atoms. The van der Waals surface area contributed by atoms with Crippen molar-refractivity contribution in [1.82, 2.24) is 5.43 Å². The number of nitrogens with two attached hydrogens (primary N) is 1. The summed E-state index contributed by atoms with van der Waals surface area (Å²) in [7, 11) is 0. The molecule has 1 aromatic rings. The van der Waals surface area contributed by atoms with Gasteiger partial charge in [-0.1, -0.05) is 26.0 Å². The van der Waals surface area contributed by atoms with E-state index in [-0.39, 0.29) is 6.04 Å².